The average molecular weight is 464 g/mol. The number of rotatable bonds is 3. The molecule has 2 saturated heterocycles. The number of aromatic hydroxyl groups is 1. The van der Waals surface area contributed by atoms with E-state index in [1.807, 2.05) is 6.08 Å². The van der Waals surface area contributed by atoms with Crippen LogP contribution in [0.5, 0.6) is 11.5 Å². The molecule has 10 atom stereocenters. The maximum absolute atomic E-state index is 11.5. The number of benzene rings is 1. The van der Waals surface area contributed by atoms with Crippen molar-refractivity contribution in [3.8, 4) is 11.5 Å². The lowest BCUT2D eigenvalue weighted by Gasteiger charge is -2.57. The Hall–Kier alpha value is -2.21. The maximum atomic E-state index is 11.5. The average Bonchev–Trinajstić information content (AvgIpc) is 3.15. The zero-order valence-electron chi connectivity index (χ0n) is 20.4. The second kappa shape index (κ2) is 7.14. The van der Waals surface area contributed by atoms with E-state index >= 15 is 0 Å². The minimum Gasteiger partial charge on any atom is -0.504 e. The van der Waals surface area contributed by atoms with Crippen LogP contribution in [0, 0.1) is 5.92 Å². The SMILES string of the molecule is [2H]C([2H])([2H])N1CC[C@]23c4c5ccc(O)c4O[C@H]2[C@@H](OC2OC(C(=O)O)C(O)C(O)C2O)C=C[C@H]3C1C5. The fraction of sp³-hybridized carbons (Fsp3) is 0.609. The predicted octanol–water partition coefficient (Wildman–Crippen LogP) is -0.885. The van der Waals surface area contributed by atoms with E-state index in [0.717, 1.165) is 11.1 Å². The number of aliphatic hydroxyl groups excluding tert-OH is 3. The Morgan fingerprint density at radius 1 is 1.24 bits per heavy atom. The molecule has 2 fully saturated rings. The molecule has 10 heteroatoms. The smallest absolute Gasteiger partial charge is 0.335 e. The molecule has 0 radical (unpaired) electrons. The number of nitrogens with zero attached hydrogens (tertiary/aromatic N) is 1. The molecule has 6 rings (SSSR count). The van der Waals surface area contributed by atoms with Gasteiger partial charge in [0.25, 0.3) is 0 Å². The number of phenolic OH excluding ortho intramolecular Hbond substituents is 1. The molecule has 0 aromatic heterocycles. The number of carboxylic acids is 1. The minimum absolute atomic E-state index is 0.0508. The number of phenols is 1. The van der Waals surface area contributed by atoms with Gasteiger partial charge in [0.2, 0.25) is 0 Å². The Labute approximate surface area is 193 Å². The van der Waals surface area contributed by atoms with E-state index in [-0.39, 0.29) is 24.3 Å². The molecule has 2 aliphatic carbocycles. The first kappa shape index (κ1) is 18.2. The van der Waals surface area contributed by atoms with Crippen LogP contribution in [0.4, 0.5) is 0 Å². The number of hydrogen-bond donors (Lipinski definition) is 5. The van der Waals surface area contributed by atoms with E-state index in [4.69, 9.17) is 18.3 Å². The first-order valence-electron chi connectivity index (χ1n) is 12.5. The van der Waals surface area contributed by atoms with E-state index in [1.54, 1.807) is 12.1 Å². The number of hydrogen-bond acceptors (Lipinski definition) is 9. The quantitative estimate of drug-likeness (QED) is 0.357. The highest BCUT2D eigenvalue weighted by Crippen LogP contribution is 2.62. The molecule has 1 aromatic carbocycles. The van der Waals surface area contributed by atoms with Crippen LogP contribution in [-0.4, -0.2) is 98.9 Å². The molecule has 0 amide bonds. The molecular weight excluding hydrogens is 434 g/mol. The Morgan fingerprint density at radius 3 is 2.82 bits per heavy atom. The standard InChI is InChI=1S/C23H27NO9/c1-24-7-6-23-10-3-5-13(31-22-17(28)15(26)16(27)19(33-22)21(29)30)20(23)32-18-12(25)4-2-9(14(18)23)8-11(10)24/h2-5,10-11,13,15-17,19-20,22,25-28H,6-8H2,1H3,(H,29,30)/t10-,11?,13-,15?,16?,17?,19?,20-,22?,23-/m0/s1/i1D3. The fourth-order valence-electron chi connectivity index (χ4n) is 6.47. The zero-order valence-corrected chi connectivity index (χ0v) is 17.4. The van der Waals surface area contributed by atoms with Gasteiger partial charge in [-0.1, -0.05) is 18.2 Å². The van der Waals surface area contributed by atoms with Crippen LogP contribution in [0.25, 0.3) is 0 Å². The summed E-state index contributed by atoms with van der Waals surface area (Å²) in [6.07, 6.45) is -6.03. The lowest BCUT2D eigenvalue weighted by Crippen LogP contribution is -2.66. The van der Waals surface area contributed by atoms with Crippen LogP contribution < -0.4 is 4.74 Å². The number of likely N-dealkylation sites (tertiary alicyclic amines) is 1. The van der Waals surface area contributed by atoms with Gasteiger partial charge in [-0.15, -0.1) is 0 Å². The van der Waals surface area contributed by atoms with Gasteiger partial charge in [-0.2, -0.15) is 0 Å². The summed E-state index contributed by atoms with van der Waals surface area (Å²) < 4.78 is 41.8. The predicted molar refractivity (Wildman–Crippen MR) is 111 cm³/mol. The highest BCUT2D eigenvalue weighted by molar-refractivity contribution is 5.73. The van der Waals surface area contributed by atoms with Crippen molar-refractivity contribution in [3.05, 3.63) is 35.4 Å². The number of carboxylic acid groups (broad SMARTS) is 1. The van der Waals surface area contributed by atoms with Crippen molar-refractivity contribution in [1.29, 1.82) is 0 Å². The van der Waals surface area contributed by atoms with Crippen LogP contribution >= 0.6 is 0 Å². The van der Waals surface area contributed by atoms with Crippen molar-refractivity contribution in [3.63, 3.8) is 0 Å². The van der Waals surface area contributed by atoms with Crippen LogP contribution in [0.1, 0.15) is 21.7 Å². The number of aliphatic carboxylic acids is 1. The van der Waals surface area contributed by atoms with E-state index in [0.29, 0.717) is 18.6 Å². The molecule has 5 N–H and O–H groups in total. The summed E-state index contributed by atoms with van der Waals surface area (Å²) in [4.78, 5) is 13.0. The highest BCUT2D eigenvalue weighted by Gasteiger charge is 2.65. The lowest BCUT2D eigenvalue weighted by molar-refractivity contribution is -0.307. The zero-order chi connectivity index (χ0) is 25.7. The molecule has 1 spiro atoms. The largest absolute Gasteiger partial charge is 0.504 e. The summed E-state index contributed by atoms with van der Waals surface area (Å²) in [6.45, 7) is -2.02. The number of aliphatic hydroxyl groups is 3. The summed E-state index contributed by atoms with van der Waals surface area (Å²) in [5, 5.41) is 50.7. The topological polar surface area (TPSA) is 149 Å². The van der Waals surface area contributed by atoms with Crippen molar-refractivity contribution < 1.29 is 48.7 Å². The molecule has 0 saturated carbocycles. The van der Waals surface area contributed by atoms with Gasteiger partial charge in [-0.25, -0.2) is 4.79 Å². The molecule has 3 heterocycles. The van der Waals surface area contributed by atoms with Gasteiger partial charge in [0.1, 0.15) is 30.5 Å². The van der Waals surface area contributed by atoms with Gasteiger partial charge in [0.05, 0.1) is 0 Å². The van der Waals surface area contributed by atoms with Gasteiger partial charge in [-0.05, 0) is 38.0 Å². The lowest BCUT2D eigenvalue weighted by atomic mass is 9.53. The van der Waals surface area contributed by atoms with Gasteiger partial charge in [0.15, 0.2) is 23.9 Å². The Kier molecular flexibility index (Phi) is 3.93. The Bertz CT molecular complexity index is 1130. The molecule has 3 aliphatic heterocycles. The number of likely N-dealkylation sites (N-methyl/N-ethyl adjacent to an activating group) is 1. The maximum Gasteiger partial charge on any atom is 0.335 e. The monoisotopic (exact) mass is 464 g/mol. The Morgan fingerprint density at radius 2 is 2.06 bits per heavy atom. The fourth-order valence-corrected chi connectivity index (χ4v) is 6.47. The van der Waals surface area contributed by atoms with E-state index in [9.17, 15) is 30.3 Å². The number of piperidine rings is 1. The normalized spacial score (nSPS) is 47.1. The van der Waals surface area contributed by atoms with Crippen molar-refractivity contribution in [1.82, 2.24) is 4.90 Å². The van der Waals surface area contributed by atoms with E-state index in [2.05, 4.69) is 0 Å². The van der Waals surface area contributed by atoms with Gasteiger partial charge in [0, 0.05) is 27.1 Å². The third-order valence-corrected chi connectivity index (χ3v) is 7.96. The van der Waals surface area contributed by atoms with Gasteiger partial charge < -0.3 is 44.6 Å². The molecule has 33 heavy (non-hydrogen) atoms. The van der Waals surface area contributed by atoms with Crippen molar-refractivity contribution in [2.75, 3.05) is 13.5 Å². The van der Waals surface area contributed by atoms with Crippen molar-refractivity contribution >= 4 is 5.97 Å². The molecule has 6 unspecified atom stereocenters. The van der Waals surface area contributed by atoms with E-state index in [1.165, 1.54) is 11.0 Å². The van der Waals surface area contributed by atoms with Crippen LogP contribution in [0.15, 0.2) is 24.3 Å². The highest BCUT2D eigenvalue weighted by atomic mass is 16.7. The molecule has 5 aliphatic rings. The minimum atomic E-state index is -2.29. The third kappa shape index (κ3) is 2.73. The van der Waals surface area contributed by atoms with Gasteiger partial charge in [-0.3, -0.25) is 0 Å². The summed E-state index contributed by atoms with van der Waals surface area (Å²) in [5.41, 5.74) is 0.978. The summed E-state index contributed by atoms with van der Waals surface area (Å²) in [5.74, 6) is -1.52. The van der Waals surface area contributed by atoms with Crippen molar-refractivity contribution in [2.24, 2.45) is 5.92 Å². The second-order valence-corrected chi connectivity index (χ2v) is 9.49. The van der Waals surface area contributed by atoms with Crippen LogP contribution in [0.2, 0.25) is 0 Å². The van der Waals surface area contributed by atoms with Crippen molar-refractivity contribution in [2.45, 2.75) is 67.2 Å². The summed E-state index contributed by atoms with van der Waals surface area (Å²) >= 11 is 0. The molecule has 178 valence electrons. The molecule has 1 aromatic rings. The van der Waals surface area contributed by atoms with E-state index < -0.39 is 61.3 Å². The Balaban J connectivity index is 1.39. The molecular formula is C23H27NO9. The first-order chi connectivity index (χ1) is 16.9. The summed E-state index contributed by atoms with van der Waals surface area (Å²) in [6, 6.07) is 2.96. The molecule has 10 nitrogen and oxygen atoms in total. The number of carbonyl (C=O) groups is 1. The molecule has 2 bridgehead atoms. The summed E-state index contributed by atoms with van der Waals surface area (Å²) in [7, 11) is 0. The van der Waals surface area contributed by atoms with Crippen LogP contribution in [0.3, 0.4) is 0 Å². The first-order valence-corrected chi connectivity index (χ1v) is 11.0. The third-order valence-electron chi connectivity index (χ3n) is 7.96. The van der Waals surface area contributed by atoms with Crippen LogP contribution in [-0.2, 0) is 26.1 Å². The number of ether oxygens (including phenoxy) is 3. The second-order valence-electron chi connectivity index (χ2n) is 9.49. The van der Waals surface area contributed by atoms with Gasteiger partial charge >= 0.3 is 5.97 Å².